The molecule has 0 aliphatic heterocycles. The van der Waals surface area contributed by atoms with Crippen LogP contribution in [0.2, 0.25) is 5.15 Å². The Hall–Kier alpha value is -0.670. The zero-order chi connectivity index (χ0) is 10.3. The first-order valence-corrected chi connectivity index (χ1v) is 5.71. The van der Waals surface area contributed by atoms with Crippen LogP contribution in [0.15, 0.2) is 6.07 Å². The lowest BCUT2D eigenvalue weighted by molar-refractivity contribution is 0.784. The predicted octanol–water partition coefficient (Wildman–Crippen LogP) is 3.78. The molecule has 4 heteroatoms. The summed E-state index contributed by atoms with van der Waals surface area (Å²) in [5.41, 5.74) is 0. The molecule has 0 saturated heterocycles. The molecule has 0 aliphatic carbocycles. The first-order valence-electron chi connectivity index (χ1n) is 4.51. The van der Waals surface area contributed by atoms with Gasteiger partial charge in [-0.25, -0.2) is 9.97 Å². The van der Waals surface area contributed by atoms with E-state index in [0.29, 0.717) is 11.1 Å². The molecule has 2 aromatic heterocycles. The van der Waals surface area contributed by atoms with Gasteiger partial charge in [-0.3, -0.25) is 0 Å². The van der Waals surface area contributed by atoms with Crippen LogP contribution in [-0.2, 0) is 0 Å². The maximum atomic E-state index is 6.08. The number of nitrogens with zero attached hydrogens (tertiary/aromatic N) is 2. The maximum Gasteiger partial charge on any atom is 0.141 e. The van der Waals surface area contributed by atoms with E-state index in [2.05, 4.69) is 30.7 Å². The van der Waals surface area contributed by atoms with Gasteiger partial charge in [-0.2, -0.15) is 0 Å². The normalized spacial score (nSPS) is 11.5. The Morgan fingerprint density at radius 2 is 2.07 bits per heavy atom. The van der Waals surface area contributed by atoms with Gasteiger partial charge in [0.05, 0.1) is 0 Å². The van der Waals surface area contributed by atoms with E-state index in [1.165, 1.54) is 4.88 Å². The summed E-state index contributed by atoms with van der Waals surface area (Å²) < 4.78 is 0. The SMILES string of the molecule is Cc1cc2c(Cl)nc(C(C)C)nc2s1. The average Bonchev–Trinajstić information content (AvgIpc) is 2.45. The lowest BCUT2D eigenvalue weighted by Gasteiger charge is -2.03. The van der Waals surface area contributed by atoms with Crippen molar-refractivity contribution in [3.05, 3.63) is 21.9 Å². The summed E-state index contributed by atoms with van der Waals surface area (Å²) in [5.74, 6) is 1.14. The monoisotopic (exact) mass is 226 g/mol. The Morgan fingerprint density at radius 3 is 2.71 bits per heavy atom. The Labute approximate surface area is 92.0 Å². The van der Waals surface area contributed by atoms with Crippen LogP contribution < -0.4 is 0 Å². The van der Waals surface area contributed by atoms with Gasteiger partial charge in [0.15, 0.2) is 0 Å². The van der Waals surface area contributed by atoms with Gasteiger partial charge in [-0.15, -0.1) is 11.3 Å². The molecule has 2 nitrogen and oxygen atoms in total. The summed E-state index contributed by atoms with van der Waals surface area (Å²) in [4.78, 5) is 11.0. The summed E-state index contributed by atoms with van der Waals surface area (Å²) >= 11 is 7.74. The summed E-state index contributed by atoms with van der Waals surface area (Å²) in [7, 11) is 0. The third-order valence-electron chi connectivity index (χ3n) is 2.00. The molecule has 14 heavy (non-hydrogen) atoms. The third-order valence-corrected chi connectivity index (χ3v) is 3.24. The zero-order valence-corrected chi connectivity index (χ0v) is 9.91. The molecule has 0 spiro atoms. The minimum atomic E-state index is 0.319. The van der Waals surface area contributed by atoms with Crippen molar-refractivity contribution in [1.82, 2.24) is 9.97 Å². The second-order valence-corrected chi connectivity index (χ2v) is 5.20. The van der Waals surface area contributed by atoms with Crippen LogP contribution in [0.3, 0.4) is 0 Å². The predicted molar refractivity (Wildman–Crippen MR) is 61.3 cm³/mol. The number of halogens is 1. The van der Waals surface area contributed by atoms with Crippen LogP contribution in [-0.4, -0.2) is 9.97 Å². The lowest BCUT2D eigenvalue weighted by Crippen LogP contribution is -1.96. The van der Waals surface area contributed by atoms with Gasteiger partial charge >= 0.3 is 0 Å². The molecule has 0 fully saturated rings. The topological polar surface area (TPSA) is 25.8 Å². The highest BCUT2D eigenvalue weighted by molar-refractivity contribution is 7.18. The summed E-state index contributed by atoms with van der Waals surface area (Å²) in [5, 5.41) is 1.54. The van der Waals surface area contributed by atoms with Gasteiger partial charge in [-0.1, -0.05) is 25.4 Å². The molecule has 2 heterocycles. The van der Waals surface area contributed by atoms with Crippen LogP contribution in [0.5, 0.6) is 0 Å². The summed E-state index contributed by atoms with van der Waals surface area (Å²) in [6.07, 6.45) is 0. The van der Waals surface area contributed by atoms with Crippen LogP contribution in [0, 0.1) is 6.92 Å². The summed E-state index contributed by atoms with van der Waals surface area (Å²) in [6, 6.07) is 2.03. The smallest absolute Gasteiger partial charge is 0.141 e. The Balaban J connectivity index is 2.71. The number of hydrogen-bond acceptors (Lipinski definition) is 3. The first-order chi connectivity index (χ1) is 6.58. The molecule has 2 rings (SSSR count). The molecular formula is C10H11ClN2S. The molecule has 0 saturated carbocycles. The molecule has 0 bridgehead atoms. The molecule has 0 N–H and O–H groups in total. The second kappa shape index (κ2) is 3.48. The molecule has 0 unspecified atom stereocenters. The minimum absolute atomic E-state index is 0.319. The van der Waals surface area contributed by atoms with Crippen LogP contribution in [0.4, 0.5) is 0 Å². The lowest BCUT2D eigenvalue weighted by atomic mass is 10.2. The van der Waals surface area contributed by atoms with Crippen molar-refractivity contribution in [3.63, 3.8) is 0 Å². The molecule has 2 aromatic rings. The fourth-order valence-corrected chi connectivity index (χ4v) is 2.45. The molecule has 0 aromatic carbocycles. The van der Waals surface area contributed by atoms with Crippen molar-refractivity contribution in [3.8, 4) is 0 Å². The van der Waals surface area contributed by atoms with Gasteiger partial charge < -0.3 is 0 Å². The second-order valence-electron chi connectivity index (χ2n) is 3.60. The molecule has 0 atom stereocenters. The van der Waals surface area contributed by atoms with Crippen molar-refractivity contribution in [2.45, 2.75) is 26.7 Å². The van der Waals surface area contributed by atoms with E-state index < -0.39 is 0 Å². The highest BCUT2D eigenvalue weighted by Gasteiger charge is 2.10. The van der Waals surface area contributed by atoms with Gasteiger partial charge in [0.2, 0.25) is 0 Å². The van der Waals surface area contributed by atoms with Gasteiger partial charge in [0.1, 0.15) is 15.8 Å². The fraction of sp³-hybridized carbons (Fsp3) is 0.400. The zero-order valence-electron chi connectivity index (χ0n) is 8.34. The van der Waals surface area contributed by atoms with Crippen LogP contribution in [0.1, 0.15) is 30.5 Å². The number of thiophene rings is 1. The van der Waals surface area contributed by atoms with E-state index in [1.807, 2.05) is 6.07 Å². The third kappa shape index (κ3) is 1.62. The number of hydrogen-bond donors (Lipinski definition) is 0. The Bertz CT molecular complexity index is 476. The van der Waals surface area contributed by atoms with E-state index >= 15 is 0 Å². The number of rotatable bonds is 1. The van der Waals surface area contributed by atoms with Crippen LogP contribution in [0.25, 0.3) is 10.2 Å². The molecule has 0 aliphatic rings. The maximum absolute atomic E-state index is 6.08. The minimum Gasteiger partial charge on any atom is -0.222 e. The highest BCUT2D eigenvalue weighted by atomic mass is 35.5. The van der Waals surface area contributed by atoms with Crippen molar-refractivity contribution >= 4 is 33.2 Å². The molecule has 0 radical (unpaired) electrons. The van der Waals surface area contributed by atoms with Crippen molar-refractivity contribution in [2.75, 3.05) is 0 Å². The fourth-order valence-electron chi connectivity index (χ4n) is 1.28. The van der Waals surface area contributed by atoms with Crippen molar-refractivity contribution < 1.29 is 0 Å². The highest BCUT2D eigenvalue weighted by Crippen LogP contribution is 2.29. The van der Waals surface area contributed by atoms with Gasteiger partial charge in [0, 0.05) is 16.2 Å². The van der Waals surface area contributed by atoms with Gasteiger partial charge in [-0.05, 0) is 13.0 Å². The Morgan fingerprint density at radius 1 is 1.36 bits per heavy atom. The van der Waals surface area contributed by atoms with Gasteiger partial charge in [0.25, 0.3) is 0 Å². The van der Waals surface area contributed by atoms with Crippen molar-refractivity contribution in [1.29, 1.82) is 0 Å². The number of aryl methyl sites for hydroxylation is 1. The van der Waals surface area contributed by atoms with E-state index in [4.69, 9.17) is 11.6 Å². The van der Waals surface area contributed by atoms with Crippen LogP contribution >= 0.6 is 22.9 Å². The van der Waals surface area contributed by atoms with Crippen molar-refractivity contribution in [2.24, 2.45) is 0 Å². The molecule has 74 valence electrons. The van der Waals surface area contributed by atoms with E-state index in [-0.39, 0.29) is 0 Å². The number of fused-ring (bicyclic) bond motifs is 1. The molecule has 0 amide bonds. The quantitative estimate of drug-likeness (QED) is 0.692. The standard InChI is InChI=1S/C10H11ClN2S/c1-5(2)9-12-8(11)7-4-6(3)14-10(7)13-9/h4-5H,1-3H3. The average molecular weight is 227 g/mol. The Kier molecular flexibility index (Phi) is 2.45. The van der Waals surface area contributed by atoms with E-state index in [0.717, 1.165) is 16.0 Å². The van der Waals surface area contributed by atoms with E-state index in [9.17, 15) is 0 Å². The first kappa shape index (κ1) is 9.87. The largest absolute Gasteiger partial charge is 0.222 e. The summed E-state index contributed by atoms with van der Waals surface area (Å²) in [6.45, 7) is 6.19. The number of aromatic nitrogens is 2. The van der Waals surface area contributed by atoms with E-state index in [1.54, 1.807) is 11.3 Å². The molecular weight excluding hydrogens is 216 g/mol.